The predicted molar refractivity (Wildman–Crippen MR) is 84.8 cm³/mol. The lowest BCUT2D eigenvalue weighted by molar-refractivity contribution is 0.869. The molecule has 1 unspecified atom stereocenters. The van der Waals surface area contributed by atoms with Gasteiger partial charge in [0.2, 0.25) is 5.95 Å². The number of aryl methyl sites for hydroxylation is 1. The topological polar surface area (TPSA) is 49.8 Å². The van der Waals surface area contributed by atoms with E-state index in [1.165, 1.54) is 0 Å². The molecule has 0 radical (unpaired) electrons. The number of hydrogen-bond donors (Lipinski definition) is 2. The summed E-state index contributed by atoms with van der Waals surface area (Å²) in [5, 5.41) is 7.53. The molecule has 20 heavy (non-hydrogen) atoms. The Kier molecular flexibility index (Phi) is 4.68. The number of halogens is 2. The summed E-state index contributed by atoms with van der Waals surface area (Å²) in [6.45, 7) is 3.98. The maximum Gasteiger partial charge on any atom is 0.224 e. The molecule has 2 rings (SSSR count). The van der Waals surface area contributed by atoms with Crippen molar-refractivity contribution in [2.45, 2.75) is 19.9 Å². The van der Waals surface area contributed by atoms with Crippen molar-refractivity contribution in [2.75, 3.05) is 17.7 Å². The fourth-order valence-electron chi connectivity index (χ4n) is 1.84. The van der Waals surface area contributed by atoms with E-state index in [-0.39, 0.29) is 6.04 Å². The van der Waals surface area contributed by atoms with Gasteiger partial charge in [0.15, 0.2) is 0 Å². The van der Waals surface area contributed by atoms with Crippen LogP contribution in [-0.2, 0) is 0 Å². The van der Waals surface area contributed by atoms with Crippen molar-refractivity contribution >= 4 is 35.0 Å². The summed E-state index contributed by atoms with van der Waals surface area (Å²) < 4.78 is 0. The molecule has 1 heterocycles. The van der Waals surface area contributed by atoms with Gasteiger partial charge in [-0.15, -0.1) is 0 Å². The Labute approximate surface area is 128 Å². The summed E-state index contributed by atoms with van der Waals surface area (Å²) in [7, 11) is 1.79. The highest BCUT2D eigenvalue weighted by molar-refractivity contribution is 6.35. The van der Waals surface area contributed by atoms with Crippen molar-refractivity contribution in [3.05, 3.63) is 45.6 Å². The molecule has 0 spiro atoms. The standard InChI is InChI=1S/C14H16Cl2N4/c1-8-7-18-14(17-3)20-13(8)19-9(2)11-5-4-10(15)6-12(11)16/h4-7,9H,1-3H3,(H2,17,18,19,20). The normalized spacial score (nSPS) is 12.1. The van der Waals surface area contributed by atoms with Crippen LogP contribution in [0.15, 0.2) is 24.4 Å². The van der Waals surface area contributed by atoms with E-state index in [0.717, 1.165) is 16.9 Å². The second kappa shape index (κ2) is 6.29. The van der Waals surface area contributed by atoms with Crippen molar-refractivity contribution in [1.82, 2.24) is 9.97 Å². The summed E-state index contributed by atoms with van der Waals surface area (Å²) in [6, 6.07) is 5.49. The Hall–Kier alpha value is -1.52. The van der Waals surface area contributed by atoms with Crippen molar-refractivity contribution < 1.29 is 0 Å². The zero-order valence-electron chi connectivity index (χ0n) is 11.5. The molecule has 2 N–H and O–H groups in total. The van der Waals surface area contributed by atoms with Crippen LogP contribution in [0.3, 0.4) is 0 Å². The summed E-state index contributed by atoms with van der Waals surface area (Å²) in [5.74, 6) is 1.36. The number of nitrogens with one attached hydrogen (secondary N) is 2. The molecule has 4 nitrogen and oxygen atoms in total. The maximum absolute atomic E-state index is 6.22. The van der Waals surface area contributed by atoms with Gasteiger partial charge in [-0.05, 0) is 31.5 Å². The minimum absolute atomic E-state index is 0.0121. The molecule has 0 bridgehead atoms. The highest BCUT2D eigenvalue weighted by Gasteiger charge is 2.12. The summed E-state index contributed by atoms with van der Waals surface area (Å²) in [4.78, 5) is 8.56. The molecular formula is C14H16Cl2N4. The van der Waals surface area contributed by atoms with Gasteiger partial charge < -0.3 is 10.6 Å². The Morgan fingerprint density at radius 1 is 1.25 bits per heavy atom. The van der Waals surface area contributed by atoms with Gasteiger partial charge in [-0.1, -0.05) is 29.3 Å². The SMILES string of the molecule is CNc1ncc(C)c(NC(C)c2ccc(Cl)cc2Cl)n1. The number of anilines is 2. The Morgan fingerprint density at radius 3 is 2.65 bits per heavy atom. The number of nitrogens with zero attached hydrogens (tertiary/aromatic N) is 2. The number of hydrogen-bond acceptors (Lipinski definition) is 4. The summed E-state index contributed by atoms with van der Waals surface area (Å²) in [5.41, 5.74) is 1.95. The highest BCUT2D eigenvalue weighted by atomic mass is 35.5. The molecule has 0 aliphatic carbocycles. The lowest BCUT2D eigenvalue weighted by Gasteiger charge is -2.18. The van der Waals surface area contributed by atoms with Gasteiger partial charge in [-0.25, -0.2) is 4.98 Å². The third-order valence-corrected chi connectivity index (χ3v) is 3.54. The number of benzene rings is 1. The first-order valence-electron chi connectivity index (χ1n) is 6.24. The van der Waals surface area contributed by atoms with Gasteiger partial charge in [0, 0.05) is 28.9 Å². The third-order valence-electron chi connectivity index (χ3n) is 2.98. The molecule has 0 saturated carbocycles. The van der Waals surface area contributed by atoms with Crippen LogP contribution in [0.25, 0.3) is 0 Å². The van der Waals surface area contributed by atoms with Crippen molar-refractivity contribution in [1.29, 1.82) is 0 Å². The first-order valence-corrected chi connectivity index (χ1v) is 6.99. The smallest absolute Gasteiger partial charge is 0.224 e. The highest BCUT2D eigenvalue weighted by Crippen LogP contribution is 2.28. The van der Waals surface area contributed by atoms with Gasteiger partial charge in [0.1, 0.15) is 5.82 Å². The molecule has 1 atom stereocenters. The van der Waals surface area contributed by atoms with Crippen LogP contribution in [-0.4, -0.2) is 17.0 Å². The molecule has 0 amide bonds. The molecule has 0 aliphatic heterocycles. The van der Waals surface area contributed by atoms with Gasteiger partial charge in [-0.3, -0.25) is 0 Å². The first-order chi connectivity index (χ1) is 9.51. The average Bonchev–Trinajstić information content (AvgIpc) is 2.41. The van der Waals surface area contributed by atoms with Crippen LogP contribution in [0.4, 0.5) is 11.8 Å². The molecule has 2 aromatic rings. The molecule has 6 heteroatoms. The van der Waals surface area contributed by atoms with Crippen LogP contribution >= 0.6 is 23.2 Å². The van der Waals surface area contributed by atoms with Crippen LogP contribution in [0.2, 0.25) is 10.0 Å². The number of rotatable bonds is 4. The van der Waals surface area contributed by atoms with E-state index in [1.54, 1.807) is 19.3 Å². The molecule has 1 aromatic carbocycles. The fourth-order valence-corrected chi connectivity index (χ4v) is 2.42. The van der Waals surface area contributed by atoms with Crippen LogP contribution in [0, 0.1) is 6.92 Å². The first kappa shape index (κ1) is 14.9. The minimum atomic E-state index is 0.0121. The molecule has 1 aromatic heterocycles. The van der Waals surface area contributed by atoms with Gasteiger partial charge in [-0.2, -0.15) is 4.98 Å². The van der Waals surface area contributed by atoms with E-state index in [9.17, 15) is 0 Å². The summed E-state index contributed by atoms with van der Waals surface area (Å²) in [6.07, 6.45) is 1.78. The zero-order chi connectivity index (χ0) is 14.7. The van der Waals surface area contributed by atoms with E-state index in [1.807, 2.05) is 26.0 Å². The quantitative estimate of drug-likeness (QED) is 0.883. The van der Waals surface area contributed by atoms with E-state index in [2.05, 4.69) is 20.6 Å². The molecule has 106 valence electrons. The van der Waals surface area contributed by atoms with Crippen molar-refractivity contribution in [2.24, 2.45) is 0 Å². The second-order valence-corrected chi connectivity index (χ2v) is 5.35. The average molecular weight is 311 g/mol. The Bertz CT molecular complexity index is 616. The largest absolute Gasteiger partial charge is 0.363 e. The van der Waals surface area contributed by atoms with E-state index in [4.69, 9.17) is 23.2 Å². The van der Waals surface area contributed by atoms with E-state index < -0.39 is 0 Å². The molecule has 0 saturated heterocycles. The predicted octanol–water partition coefficient (Wildman–Crippen LogP) is 4.31. The van der Waals surface area contributed by atoms with Crippen LogP contribution in [0.1, 0.15) is 24.1 Å². The second-order valence-electron chi connectivity index (χ2n) is 4.51. The monoisotopic (exact) mass is 310 g/mol. The van der Waals surface area contributed by atoms with E-state index in [0.29, 0.717) is 16.0 Å². The third kappa shape index (κ3) is 3.32. The fraction of sp³-hybridized carbons (Fsp3) is 0.286. The summed E-state index contributed by atoms with van der Waals surface area (Å²) >= 11 is 12.1. The van der Waals surface area contributed by atoms with Gasteiger partial charge >= 0.3 is 0 Å². The molecule has 0 aliphatic rings. The Morgan fingerprint density at radius 2 is 2.00 bits per heavy atom. The lowest BCUT2D eigenvalue weighted by atomic mass is 10.1. The van der Waals surface area contributed by atoms with Crippen molar-refractivity contribution in [3.8, 4) is 0 Å². The maximum atomic E-state index is 6.22. The van der Waals surface area contributed by atoms with Gasteiger partial charge in [0.25, 0.3) is 0 Å². The Balaban J connectivity index is 2.25. The zero-order valence-corrected chi connectivity index (χ0v) is 13.0. The number of aromatic nitrogens is 2. The van der Waals surface area contributed by atoms with Crippen LogP contribution in [0.5, 0.6) is 0 Å². The van der Waals surface area contributed by atoms with Crippen LogP contribution < -0.4 is 10.6 Å². The molecule has 0 fully saturated rings. The lowest BCUT2D eigenvalue weighted by Crippen LogP contribution is -2.11. The van der Waals surface area contributed by atoms with Crippen molar-refractivity contribution in [3.63, 3.8) is 0 Å². The molecular weight excluding hydrogens is 295 g/mol. The van der Waals surface area contributed by atoms with E-state index >= 15 is 0 Å². The minimum Gasteiger partial charge on any atom is -0.363 e. The van der Waals surface area contributed by atoms with Gasteiger partial charge in [0.05, 0.1) is 6.04 Å².